The molecule has 1 aromatic heterocycles. The van der Waals surface area contributed by atoms with Gasteiger partial charge in [-0.3, -0.25) is 14.4 Å². The molecule has 1 rings (SSSR count). The molecule has 1 heterocycles. The van der Waals surface area contributed by atoms with Gasteiger partial charge in [-0.05, 0) is 18.4 Å². The summed E-state index contributed by atoms with van der Waals surface area (Å²) in [5, 5.41) is 15.6. The molecular formula is C12H16N2O4S. The van der Waals surface area contributed by atoms with E-state index in [1.54, 1.807) is 0 Å². The summed E-state index contributed by atoms with van der Waals surface area (Å²) in [4.78, 5) is 34.4. The molecule has 0 spiro atoms. The van der Waals surface area contributed by atoms with Crippen molar-refractivity contribution >= 4 is 29.1 Å². The molecule has 1 unspecified atom stereocenters. The number of carboxylic acids is 1. The van der Waals surface area contributed by atoms with E-state index in [-0.39, 0.29) is 12.3 Å². The highest BCUT2D eigenvalue weighted by atomic mass is 32.1. The van der Waals surface area contributed by atoms with Crippen LogP contribution in [-0.2, 0) is 14.4 Å². The molecule has 104 valence electrons. The third-order valence-electron chi connectivity index (χ3n) is 2.40. The Morgan fingerprint density at radius 2 is 2.05 bits per heavy atom. The van der Waals surface area contributed by atoms with Gasteiger partial charge < -0.3 is 15.7 Å². The van der Waals surface area contributed by atoms with Crippen molar-refractivity contribution < 1.29 is 19.5 Å². The first kappa shape index (κ1) is 15.2. The fourth-order valence-corrected chi connectivity index (χ4v) is 2.28. The molecule has 6 nitrogen and oxygen atoms in total. The standard InChI is InChI=1S/C12H16N2O4S/c1-7(12(17)18)13-11(16)6-9(14-8(2)15)10-4-3-5-19-10/h3-5,7,9H,6H2,1-2H3,(H,13,16)(H,14,15)(H,17,18)/t7-,9?/m0/s1. The van der Waals surface area contributed by atoms with Gasteiger partial charge in [-0.2, -0.15) is 0 Å². The fourth-order valence-electron chi connectivity index (χ4n) is 1.51. The molecule has 0 aromatic carbocycles. The second-order valence-electron chi connectivity index (χ2n) is 4.10. The first-order chi connectivity index (χ1) is 8.90. The van der Waals surface area contributed by atoms with Crippen molar-refractivity contribution in [1.82, 2.24) is 10.6 Å². The normalized spacial score (nSPS) is 13.4. The highest BCUT2D eigenvalue weighted by Crippen LogP contribution is 2.21. The van der Waals surface area contributed by atoms with Crippen molar-refractivity contribution in [3.05, 3.63) is 22.4 Å². The number of carboxylic acid groups (broad SMARTS) is 1. The Balaban J connectivity index is 2.65. The van der Waals surface area contributed by atoms with Crippen molar-refractivity contribution in [2.45, 2.75) is 32.4 Å². The van der Waals surface area contributed by atoms with Crippen molar-refractivity contribution in [3.8, 4) is 0 Å². The van der Waals surface area contributed by atoms with Gasteiger partial charge in [-0.15, -0.1) is 11.3 Å². The van der Waals surface area contributed by atoms with E-state index in [2.05, 4.69) is 10.6 Å². The molecular weight excluding hydrogens is 268 g/mol. The van der Waals surface area contributed by atoms with Crippen LogP contribution in [-0.4, -0.2) is 28.9 Å². The largest absolute Gasteiger partial charge is 0.480 e. The van der Waals surface area contributed by atoms with E-state index in [0.717, 1.165) is 4.88 Å². The van der Waals surface area contributed by atoms with Gasteiger partial charge in [0.15, 0.2) is 0 Å². The smallest absolute Gasteiger partial charge is 0.325 e. The zero-order valence-corrected chi connectivity index (χ0v) is 11.5. The van der Waals surface area contributed by atoms with E-state index in [1.165, 1.54) is 25.2 Å². The highest BCUT2D eigenvalue weighted by Gasteiger charge is 2.20. The number of aliphatic carboxylic acids is 1. The number of nitrogens with one attached hydrogen (secondary N) is 2. The topological polar surface area (TPSA) is 95.5 Å². The monoisotopic (exact) mass is 284 g/mol. The summed E-state index contributed by atoms with van der Waals surface area (Å²) in [6.45, 7) is 2.76. The van der Waals surface area contributed by atoms with Crippen molar-refractivity contribution in [2.24, 2.45) is 0 Å². The van der Waals surface area contributed by atoms with Crippen LogP contribution < -0.4 is 10.6 Å². The lowest BCUT2D eigenvalue weighted by molar-refractivity contribution is -0.141. The Morgan fingerprint density at radius 1 is 1.37 bits per heavy atom. The zero-order valence-electron chi connectivity index (χ0n) is 10.7. The minimum atomic E-state index is -1.10. The maximum atomic E-state index is 11.7. The molecule has 0 bridgehead atoms. The quantitative estimate of drug-likeness (QED) is 0.723. The van der Waals surface area contributed by atoms with Crippen LogP contribution in [0, 0.1) is 0 Å². The van der Waals surface area contributed by atoms with Gasteiger partial charge in [-0.1, -0.05) is 6.07 Å². The van der Waals surface area contributed by atoms with Gasteiger partial charge in [0.25, 0.3) is 0 Å². The maximum Gasteiger partial charge on any atom is 0.325 e. The third-order valence-corrected chi connectivity index (χ3v) is 3.39. The van der Waals surface area contributed by atoms with Crippen molar-refractivity contribution in [2.75, 3.05) is 0 Å². The number of carbonyl (C=O) groups is 3. The van der Waals surface area contributed by atoms with Crippen LogP contribution in [0.15, 0.2) is 17.5 Å². The predicted molar refractivity (Wildman–Crippen MR) is 70.7 cm³/mol. The Bertz CT molecular complexity index is 458. The van der Waals surface area contributed by atoms with E-state index in [9.17, 15) is 14.4 Å². The summed E-state index contributed by atoms with van der Waals surface area (Å²) in [6.07, 6.45) is 0.0116. The predicted octanol–water partition coefficient (Wildman–Crippen LogP) is 0.905. The second-order valence-corrected chi connectivity index (χ2v) is 5.08. The minimum absolute atomic E-state index is 0.0116. The van der Waals surface area contributed by atoms with Gasteiger partial charge >= 0.3 is 5.97 Å². The van der Waals surface area contributed by atoms with Gasteiger partial charge in [0.1, 0.15) is 6.04 Å². The summed E-state index contributed by atoms with van der Waals surface area (Å²) in [5.74, 6) is -1.75. The molecule has 0 aliphatic carbocycles. The summed E-state index contributed by atoms with van der Waals surface area (Å²) < 4.78 is 0. The van der Waals surface area contributed by atoms with Crippen LogP contribution in [0.3, 0.4) is 0 Å². The van der Waals surface area contributed by atoms with Gasteiger partial charge in [-0.25, -0.2) is 0 Å². The number of carbonyl (C=O) groups excluding carboxylic acids is 2. The number of hydrogen-bond donors (Lipinski definition) is 3. The van der Waals surface area contributed by atoms with E-state index < -0.39 is 24.0 Å². The van der Waals surface area contributed by atoms with Crippen LogP contribution in [0.2, 0.25) is 0 Å². The van der Waals surface area contributed by atoms with Crippen LogP contribution in [0.25, 0.3) is 0 Å². The zero-order chi connectivity index (χ0) is 14.4. The minimum Gasteiger partial charge on any atom is -0.480 e. The molecule has 7 heteroatoms. The van der Waals surface area contributed by atoms with Crippen molar-refractivity contribution in [3.63, 3.8) is 0 Å². The average Bonchev–Trinajstić information content (AvgIpc) is 2.80. The SMILES string of the molecule is CC(=O)NC(CC(=O)N[C@@H](C)C(=O)O)c1cccs1. The first-order valence-electron chi connectivity index (χ1n) is 5.72. The van der Waals surface area contributed by atoms with Gasteiger partial charge in [0.2, 0.25) is 11.8 Å². The van der Waals surface area contributed by atoms with E-state index in [0.29, 0.717) is 0 Å². The molecule has 0 radical (unpaired) electrons. The number of hydrogen-bond acceptors (Lipinski definition) is 4. The Hall–Kier alpha value is -1.89. The number of rotatable bonds is 6. The van der Waals surface area contributed by atoms with Crippen molar-refractivity contribution in [1.29, 1.82) is 0 Å². The van der Waals surface area contributed by atoms with Gasteiger partial charge in [0.05, 0.1) is 12.5 Å². The lowest BCUT2D eigenvalue weighted by atomic mass is 10.1. The van der Waals surface area contributed by atoms with Gasteiger partial charge in [0, 0.05) is 11.8 Å². The number of amides is 2. The molecule has 0 aliphatic heterocycles. The van der Waals surface area contributed by atoms with Crippen LogP contribution in [0.5, 0.6) is 0 Å². The fraction of sp³-hybridized carbons (Fsp3) is 0.417. The third kappa shape index (κ3) is 5.09. The summed E-state index contributed by atoms with van der Waals surface area (Å²) >= 11 is 1.43. The molecule has 0 saturated heterocycles. The molecule has 1 aromatic rings. The summed E-state index contributed by atoms with van der Waals surface area (Å²) in [5.41, 5.74) is 0. The first-order valence-corrected chi connectivity index (χ1v) is 6.60. The molecule has 2 amide bonds. The molecule has 3 N–H and O–H groups in total. The highest BCUT2D eigenvalue weighted by molar-refractivity contribution is 7.10. The maximum absolute atomic E-state index is 11.7. The molecule has 0 aliphatic rings. The summed E-state index contributed by atoms with van der Waals surface area (Å²) in [6, 6.07) is 2.26. The lowest BCUT2D eigenvalue weighted by Crippen LogP contribution is -2.40. The Kier molecular flexibility index (Phi) is 5.50. The van der Waals surface area contributed by atoms with E-state index >= 15 is 0 Å². The summed E-state index contributed by atoms with van der Waals surface area (Å²) in [7, 11) is 0. The molecule has 2 atom stereocenters. The van der Waals surface area contributed by atoms with E-state index in [1.807, 2.05) is 17.5 Å². The van der Waals surface area contributed by atoms with E-state index in [4.69, 9.17) is 5.11 Å². The molecule has 19 heavy (non-hydrogen) atoms. The lowest BCUT2D eigenvalue weighted by Gasteiger charge is -2.17. The molecule has 0 fully saturated rings. The van der Waals surface area contributed by atoms with Crippen LogP contribution in [0.1, 0.15) is 31.2 Å². The average molecular weight is 284 g/mol. The van der Waals surface area contributed by atoms with Crippen LogP contribution in [0.4, 0.5) is 0 Å². The Morgan fingerprint density at radius 3 is 2.53 bits per heavy atom. The van der Waals surface area contributed by atoms with Crippen LogP contribution >= 0.6 is 11.3 Å². The second kappa shape index (κ2) is 6.89. The number of thiophene rings is 1. The Labute approximate surface area is 114 Å². The molecule has 0 saturated carbocycles.